The molecule has 2 atom stereocenters. The summed E-state index contributed by atoms with van der Waals surface area (Å²) in [5.74, 6) is 0.184. The maximum atomic E-state index is 12.0. The number of aromatic nitrogens is 1. The number of fused-ring (bicyclic) bond motifs is 1. The molecule has 0 radical (unpaired) electrons. The van der Waals surface area contributed by atoms with Gasteiger partial charge in [0.1, 0.15) is 0 Å². The Balaban J connectivity index is 1.96. The molecule has 1 saturated heterocycles. The predicted molar refractivity (Wildman–Crippen MR) is 79.6 cm³/mol. The van der Waals surface area contributed by atoms with Crippen molar-refractivity contribution in [2.24, 2.45) is 4.99 Å². The second-order valence-electron chi connectivity index (χ2n) is 4.63. The Kier molecular flexibility index (Phi) is 3.06. The predicted octanol–water partition coefficient (Wildman–Crippen LogP) is 2.49. The molecule has 0 unspecified atom stereocenters. The minimum Gasteiger partial charge on any atom is -0.361 e. The summed E-state index contributed by atoms with van der Waals surface area (Å²) in [5.41, 5.74) is 2.29. The molecule has 1 aromatic carbocycles. The van der Waals surface area contributed by atoms with E-state index in [2.05, 4.69) is 28.3 Å². The lowest BCUT2D eigenvalue weighted by molar-refractivity contribution is -0.119. The Morgan fingerprint density at radius 1 is 1.37 bits per heavy atom. The van der Waals surface area contributed by atoms with Gasteiger partial charge in [-0.2, -0.15) is 0 Å². The molecule has 2 aromatic rings. The Bertz CT molecular complexity index is 662. The van der Waals surface area contributed by atoms with E-state index >= 15 is 0 Å². The van der Waals surface area contributed by atoms with Gasteiger partial charge in [0.15, 0.2) is 5.17 Å². The number of aromatic amines is 1. The molecule has 1 aromatic heterocycles. The lowest BCUT2D eigenvalue weighted by Gasteiger charge is -2.14. The van der Waals surface area contributed by atoms with E-state index in [0.29, 0.717) is 5.17 Å². The van der Waals surface area contributed by atoms with Crippen molar-refractivity contribution in [1.29, 1.82) is 0 Å². The topological polar surface area (TPSA) is 57.2 Å². The molecule has 2 N–H and O–H groups in total. The van der Waals surface area contributed by atoms with E-state index in [1.807, 2.05) is 24.4 Å². The third-order valence-corrected chi connectivity index (χ3v) is 4.88. The molecule has 5 heteroatoms. The number of carbonyl (C=O) groups is 1. The van der Waals surface area contributed by atoms with E-state index in [1.54, 1.807) is 7.05 Å². The van der Waals surface area contributed by atoms with Gasteiger partial charge in [-0.05, 0) is 11.6 Å². The molecular weight excluding hydrogens is 258 g/mol. The van der Waals surface area contributed by atoms with Crippen LogP contribution < -0.4 is 5.32 Å². The number of rotatable bonds is 2. The fourth-order valence-corrected chi connectivity index (χ4v) is 3.47. The van der Waals surface area contributed by atoms with Gasteiger partial charge >= 0.3 is 0 Å². The molecule has 19 heavy (non-hydrogen) atoms. The summed E-state index contributed by atoms with van der Waals surface area (Å²) in [6.45, 7) is 2.09. The first-order chi connectivity index (χ1) is 9.20. The second-order valence-corrected chi connectivity index (χ2v) is 5.77. The Labute approximate surface area is 115 Å². The van der Waals surface area contributed by atoms with Gasteiger partial charge in [-0.3, -0.25) is 9.79 Å². The van der Waals surface area contributed by atoms with E-state index in [4.69, 9.17) is 0 Å². The number of benzene rings is 1. The van der Waals surface area contributed by atoms with Crippen molar-refractivity contribution in [3.63, 3.8) is 0 Å². The van der Waals surface area contributed by atoms with Crippen molar-refractivity contribution in [3.05, 3.63) is 36.0 Å². The highest BCUT2D eigenvalue weighted by Gasteiger charge is 2.35. The van der Waals surface area contributed by atoms with Crippen LogP contribution in [0, 0.1) is 0 Å². The van der Waals surface area contributed by atoms with Crippen molar-refractivity contribution >= 4 is 33.7 Å². The van der Waals surface area contributed by atoms with Crippen molar-refractivity contribution in [1.82, 2.24) is 10.3 Å². The number of amides is 1. The first-order valence-corrected chi connectivity index (χ1v) is 7.09. The maximum Gasteiger partial charge on any atom is 0.240 e. The van der Waals surface area contributed by atoms with E-state index in [-0.39, 0.29) is 17.1 Å². The molecule has 1 aliphatic heterocycles. The van der Waals surface area contributed by atoms with Crippen LogP contribution in [-0.2, 0) is 4.79 Å². The highest BCUT2D eigenvalue weighted by atomic mass is 32.2. The number of nitrogens with one attached hydrogen (secondary N) is 2. The highest BCUT2D eigenvalue weighted by molar-refractivity contribution is 8.15. The number of hydrogen-bond donors (Lipinski definition) is 2. The quantitative estimate of drug-likeness (QED) is 0.883. The molecule has 0 spiro atoms. The molecule has 1 fully saturated rings. The van der Waals surface area contributed by atoms with Crippen LogP contribution in [-0.4, -0.2) is 28.4 Å². The molecule has 0 bridgehead atoms. The van der Waals surface area contributed by atoms with Gasteiger partial charge in [-0.25, -0.2) is 0 Å². The minimum absolute atomic E-state index is 0.0448. The first-order valence-electron chi connectivity index (χ1n) is 6.21. The number of H-pyrrole nitrogens is 1. The van der Waals surface area contributed by atoms with E-state index in [0.717, 1.165) is 5.52 Å². The van der Waals surface area contributed by atoms with Crippen LogP contribution in [0.2, 0.25) is 0 Å². The fraction of sp³-hybridized carbons (Fsp3) is 0.286. The number of carbonyl (C=O) groups excluding carboxylic acids is 1. The Morgan fingerprint density at radius 2 is 2.16 bits per heavy atom. The largest absolute Gasteiger partial charge is 0.361 e. The zero-order valence-electron chi connectivity index (χ0n) is 10.8. The number of nitrogens with zero attached hydrogens (tertiary/aromatic N) is 1. The van der Waals surface area contributed by atoms with E-state index in [1.165, 1.54) is 22.7 Å². The smallest absolute Gasteiger partial charge is 0.240 e. The van der Waals surface area contributed by atoms with Gasteiger partial charge < -0.3 is 10.3 Å². The molecule has 4 nitrogen and oxygen atoms in total. The third-order valence-electron chi connectivity index (χ3n) is 3.50. The lowest BCUT2D eigenvalue weighted by atomic mass is 9.96. The molecule has 1 aliphatic rings. The third kappa shape index (κ3) is 2.04. The highest BCUT2D eigenvalue weighted by Crippen LogP contribution is 2.35. The maximum absolute atomic E-state index is 12.0. The molecule has 1 amide bonds. The average Bonchev–Trinajstić information content (AvgIpc) is 3.01. The monoisotopic (exact) mass is 273 g/mol. The number of thioether (sulfide) groups is 1. The van der Waals surface area contributed by atoms with Gasteiger partial charge in [-0.15, -0.1) is 0 Å². The second kappa shape index (κ2) is 4.74. The molecule has 2 heterocycles. The molecule has 0 aliphatic carbocycles. The zero-order chi connectivity index (χ0) is 13.4. The Morgan fingerprint density at radius 3 is 2.89 bits per heavy atom. The molecule has 0 saturated carbocycles. The van der Waals surface area contributed by atoms with Crippen LogP contribution in [0.5, 0.6) is 0 Å². The summed E-state index contributed by atoms with van der Waals surface area (Å²) in [4.78, 5) is 19.3. The van der Waals surface area contributed by atoms with E-state index < -0.39 is 0 Å². The Hall–Kier alpha value is -1.75. The van der Waals surface area contributed by atoms with Crippen LogP contribution in [0.1, 0.15) is 18.4 Å². The van der Waals surface area contributed by atoms with E-state index in [9.17, 15) is 4.79 Å². The van der Waals surface area contributed by atoms with Crippen LogP contribution in [0.3, 0.4) is 0 Å². The summed E-state index contributed by atoms with van der Waals surface area (Å²) >= 11 is 1.51. The summed E-state index contributed by atoms with van der Waals surface area (Å²) < 4.78 is 0. The van der Waals surface area contributed by atoms with Gasteiger partial charge in [0.05, 0.1) is 5.25 Å². The molecule has 98 valence electrons. The number of para-hydroxylation sites is 1. The minimum atomic E-state index is -0.113. The summed E-state index contributed by atoms with van der Waals surface area (Å²) in [7, 11) is 1.70. The number of aliphatic imine (C=N–C) groups is 1. The van der Waals surface area contributed by atoms with Crippen molar-refractivity contribution in [3.8, 4) is 0 Å². The van der Waals surface area contributed by atoms with Crippen molar-refractivity contribution in [2.75, 3.05) is 7.05 Å². The standard InChI is InChI=1S/C14H15N3OS/c1-8(12-13(18)17-14(15-2)19-12)10-7-16-11-6-4-3-5-9(10)11/h3-8,12,16H,1-2H3,(H,15,17,18)/t8-,12-/m0/s1. The SMILES string of the molecule is CN=C1NC(=O)[C@H]([C@@H](C)c2c[nH]c3ccccc23)S1. The normalized spacial score (nSPS) is 22.9. The van der Waals surface area contributed by atoms with Crippen LogP contribution in [0.15, 0.2) is 35.5 Å². The molecule has 3 rings (SSSR count). The van der Waals surface area contributed by atoms with Crippen LogP contribution in [0.25, 0.3) is 10.9 Å². The summed E-state index contributed by atoms with van der Waals surface area (Å²) in [6, 6.07) is 8.16. The number of amidine groups is 1. The molecular formula is C14H15N3OS. The number of hydrogen-bond acceptors (Lipinski definition) is 3. The van der Waals surface area contributed by atoms with Gasteiger partial charge in [-0.1, -0.05) is 36.9 Å². The average molecular weight is 273 g/mol. The summed E-state index contributed by atoms with van der Waals surface area (Å²) in [6.07, 6.45) is 2.00. The fourth-order valence-electron chi connectivity index (χ4n) is 2.45. The van der Waals surface area contributed by atoms with Crippen LogP contribution >= 0.6 is 11.8 Å². The first kappa shape index (κ1) is 12.3. The lowest BCUT2D eigenvalue weighted by Crippen LogP contribution is -2.27. The van der Waals surface area contributed by atoms with Gasteiger partial charge in [0, 0.05) is 30.1 Å². The zero-order valence-corrected chi connectivity index (χ0v) is 11.6. The van der Waals surface area contributed by atoms with Gasteiger partial charge in [0.25, 0.3) is 0 Å². The summed E-state index contributed by atoms with van der Waals surface area (Å²) in [5, 5.41) is 4.59. The van der Waals surface area contributed by atoms with Crippen LogP contribution in [0.4, 0.5) is 0 Å². The van der Waals surface area contributed by atoms with Crippen molar-refractivity contribution < 1.29 is 4.79 Å². The van der Waals surface area contributed by atoms with Crippen molar-refractivity contribution in [2.45, 2.75) is 18.1 Å². The van der Waals surface area contributed by atoms with Gasteiger partial charge in [0.2, 0.25) is 5.91 Å².